The average molecular weight is 453 g/mol. The maximum atomic E-state index is 12.8. The van der Waals surface area contributed by atoms with Gasteiger partial charge in [-0.1, -0.05) is 6.92 Å². The van der Waals surface area contributed by atoms with Crippen LogP contribution in [-0.2, 0) is 13.5 Å². The number of hydrogen-bond donors (Lipinski definition) is 1. The van der Waals surface area contributed by atoms with Crippen LogP contribution in [0, 0.1) is 5.41 Å². The molecule has 0 aliphatic carbocycles. The van der Waals surface area contributed by atoms with Crippen LogP contribution in [0.2, 0.25) is 0 Å². The van der Waals surface area contributed by atoms with Crippen molar-refractivity contribution in [1.29, 1.82) is 0 Å². The van der Waals surface area contributed by atoms with E-state index in [4.69, 9.17) is 0 Å². The van der Waals surface area contributed by atoms with Crippen molar-refractivity contribution in [2.24, 2.45) is 12.5 Å². The van der Waals surface area contributed by atoms with Crippen LogP contribution >= 0.6 is 11.3 Å². The summed E-state index contributed by atoms with van der Waals surface area (Å²) in [5, 5.41) is 8.62. The highest BCUT2D eigenvalue weighted by Gasteiger charge is 2.38. The van der Waals surface area contributed by atoms with Crippen molar-refractivity contribution in [2.45, 2.75) is 45.3 Å². The molecule has 3 aromatic heterocycles. The van der Waals surface area contributed by atoms with Gasteiger partial charge in [-0.15, -0.1) is 11.3 Å². The molecule has 1 fully saturated rings. The third-order valence-electron chi connectivity index (χ3n) is 6.31. The molecule has 10 heteroatoms. The Kier molecular flexibility index (Phi) is 5.95. The second kappa shape index (κ2) is 8.38. The van der Waals surface area contributed by atoms with Crippen molar-refractivity contribution < 1.29 is 13.2 Å². The van der Waals surface area contributed by atoms with Gasteiger partial charge in [-0.2, -0.15) is 18.3 Å². The molecule has 2 atom stereocenters. The summed E-state index contributed by atoms with van der Waals surface area (Å²) in [5.41, 5.74) is 1.21. The predicted molar refractivity (Wildman–Crippen MR) is 116 cm³/mol. The largest absolute Gasteiger partial charge is 0.393 e. The van der Waals surface area contributed by atoms with E-state index in [9.17, 15) is 13.2 Å². The second-order valence-electron chi connectivity index (χ2n) is 8.43. The van der Waals surface area contributed by atoms with Crippen LogP contribution in [0.3, 0.4) is 0 Å². The Morgan fingerprint density at radius 2 is 2.13 bits per heavy atom. The van der Waals surface area contributed by atoms with Crippen LogP contribution in [0.25, 0.3) is 10.2 Å². The zero-order valence-electron chi connectivity index (χ0n) is 17.9. The van der Waals surface area contributed by atoms with Crippen molar-refractivity contribution in [3.05, 3.63) is 35.2 Å². The minimum Gasteiger partial charge on any atom is -0.355 e. The summed E-state index contributed by atoms with van der Waals surface area (Å²) in [5.74, 6) is 0.740. The molecule has 3 aromatic rings. The van der Waals surface area contributed by atoms with Gasteiger partial charge in [0.15, 0.2) is 0 Å². The Balaban J connectivity index is 1.50. The number of fused-ring (bicyclic) bond motifs is 1. The zero-order chi connectivity index (χ0) is 22.2. The first-order valence-electron chi connectivity index (χ1n) is 10.5. The fourth-order valence-electron chi connectivity index (χ4n) is 4.39. The van der Waals surface area contributed by atoms with Crippen molar-refractivity contribution in [3.8, 4) is 0 Å². The standard InChI is InChI=1S/C21H27F3N6S/c1-4-20(11-25-14(2)17-5-7-28-29(17)3)6-8-30(12-20)18-16-9-15(10-21(22,23)24)31-19(16)27-13-26-18/h5,7,9,13-14,25H,4,6,8,10-12H2,1-3H3/t14-,20?/m1/s1. The molecule has 4 heterocycles. The topological polar surface area (TPSA) is 58.9 Å². The Bertz CT molecular complexity index is 1050. The molecule has 31 heavy (non-hydrogen) atoms. The number of alkyl halides is 3. The molecule has 1 aliphatic heterocycles. The fraction of sp³-hybridized carbons (Fsp3) is 0.571. The first-order chi connectivity index (χ1) is 14.7. The second-order valence-corrected chi connectivity index (χ2v) is 9.54. The average Bonchev–Trinajstić information content (AvgIpc) is 3.42. The number of aromatic nitrogens is 4. The summed E-state index contributed by atoms with van der Waals surface area (Å²) < 4.78 is 40.4. The number of halogens is 3. The van der Waals surface area contributed by atoms with Gasteiger partial charge in [0.1, 0.15) is 17.0 Å². The van der Waals surface area contributed by atoms with E-state index in [2.05, 4.69) is 39.1 Å². The molecule has 1 saturated heterocycles. The van der Waals surface area contributed by atoms with Gasteiger partial charge in [0.2, 0.25) is 0 Å². The molecule has 1 aliphatic rings. The SMILES string of the molecule is CCC1(CN[C@H](C)c2ccnn2C)CCN(c2ncnc3sc(CC(F)(F)F)cc23)C1. The van der Waals surface area contributed by atoms with E-state index >= 15 is 0 Å². The highest BCUT2D eigenvalue weighted by atomic mass is 32.1. The van der Waals surface area contributed by atoms with Gasteiger partial charge in [0, 0.05) is 49.2 Å². The van der Waals surface area contributed by atoms with E-state index < -0.39 is 12.6 Å². The summed E-state index contributed by atoms with van der Waals surface area (Å²) in [6.45, 7) is 6.82. The summed E-state index contributed by atoms with van der Waals surface area (Å²) >= 11 is 1.10. The maximum Gasteiger partial charge on any atom is 0.393 e. The first-order valence-corrected chi connectivity index (χ1v) is 11.3. The number of nitrogens with one attached hydrogen (secondary N) is 1. The molecule has 0 saturated carbocycles. The highest BCUT2D eigenvalue weighted by molar-refractivity contribution is 7.18. The van der Waals surface area contributed by atoms with E-state index in [0.29, 0.717) is 4.83 Å². The maximum absolute atomic E-state index is 12.8. The lowest BCUT2D eigenvalue weighted by molar-refractivity contribution is -0.126. The van der Waals surface area contributed by atoms with Crippen molar-refractivity contribution >= 4 is 27.4 Å². The Hall–Kier alpha value is -2.20. The van der Waals surface area contributed by atoms with Gasteiger partial charge < -0.3 is 10.2 Å². The Labute approximate surface area is 183 Å². The van der Waals surface area contributed by atoms with E-state index in [1.165, 1.54) is 6.33 Å². The molecule has 1 N–H and O–H groups in total. The van der Waals surface area contributed by atoms with Gasteiger partial charge in [0.25, 0.3) is 0 Å². The smallest absolute Gasteiger partial charge is 0.355 e. The molecule has 0 amide bonds. The third-order valence-corrected chi connectivity index (χ3v) is 7.35. The zero-order valence-corrected chi connectivity index (χ0v) is 18.7. The molecule has 4 rings (SSSR count). The molecule has 0 radical (unpaired) electrons. The molecule has 0 spiro atoms. The molecule has 1 unspecified atom stereocenters. The molecular weight excluding hydrogens is 425 g/mol. The molecular formula is C21H27F3N6S. The minimum atomic E-state index is -4.23. The lowest BCUT2D eigenvalue weighted by Crippen LogP contribution is -2.38. The van der Waals surface area contributed by atoms with E-state index in [-0.39, 0.29) is 16.3 Å². The van der Waals surface area contributed by atoms with Gasteiger partial charge >= 0.3 is 6.18 Å². The quantitative estimate of drug-likeness (QED) is 0.573. The summed E-state index contributed by atoms with van der Waals surface area (Å²) in [6, 6.07) is 3.80. The number of aryl methyl sites for hydroxylation is 1. The van der Waals surface area contributed by atoms with Crippen LogP contribution in [0.1, 0.15) is 43.3 Å². The van der Waals surface area contributed by atoms with Crippen LogP contribution in [0.15, 0.2) is 24.7 Å². The number of hydrogen-bond acceptors (Lipinski definition) is 6. The lowest BCUT2D eigenvalue weighted by Gasteiger charge is -2.30. The monoisotopic (exact) mass is 452 g/mol. The number of rotatable bonds is 7. The van der Waals surface area contributed by atoms with Crippen LogP contribution < -0.4 is 10.2 Å². The lowest BCUT2D eigenvalue weighted by atomic mass is 9.84. The van der Waals surface area contributed by atoms with Crippen molar-refractivity contribution in [3.63, 3.8) is 0 Å². The van der Waals surface area contributed by atoms with Crippen LogP contribution in [0.5, 0.6) is 0 Å². The summed E-state index contributed by atoms with van der Waals surface area (Å²) in [6.07, 6.45) is 0.109. The van der Waals surface area contributed by atoms with Gasteiger partial charge in [-0.05, 0) is 31.9 Å². The van der Waals surface area contributed by atoms with Gasteiger partial charge in [-0.25, -0.2) is 9.97 Å². The van der Waals surface area contributed by atoms with Crippen LogP contribution in [-0.4, -0.2) is 45.6 Å². The summed E-state index contributed by atoms with van der Waals surface area (Å²) in [4.78, 5) is 11.8. The minimum absolute atomic E-state index is 0.0783. The van der Waals surface area contributed by atoms with Crippen LogP contribution in [0.4, 0.5) is 19.0 Å². The van der Waals surface area contributed by atoms with E-state index in [0.717, 1.165) is 60.7 Å². The summed E-state index contributed by atoms with van der Waals surface area (Å²) in [7, 11) is 1.94. The van der Waals surface area contributed by atoms with E-state index in [1.807, 2.05) is 17.8 Å². The van der Waals surface area contributed by atoms with Gasteiger partial charge in [0.05, 0.1) is 17.5 Å². The number of thiophene rings is 1. The predicted octanol–water partition coefficient (Wildman–Crippen LogP) is 4.49. The number of anilines is 1. The Morgan fingerprint density at radius 3 is 2.81 bits per heavy atom. The molecule has 6 nitrogen and oxygen atoms in total. The van der Waals surface area contributed by atoms with Crippen molar-refractivity contribution in [2.75, 3.05) is 24.5 Å². The van der Waals surface area contributed by atoms with E-state index in [1.54, 1.807) is 12.3 Å². The Morgan fingerprint density at radius 1 is 1.32 bits per heavy atom. The molecule has 0 bridgehead atoms. The molecule has 0 aromatic carbocycles. The fourth-order valence-corrected chi connectivity index (χ4v) is 5.41. The highest BCUT2D eigenvalue weighted by Crippen LogP contribution is 2.39. The van der Waals surface area contributed by atoms with Gasteiger partial charge in [-0.3, -0.25) is 4.68 Å². The van der Waals surface area contributed by atoms with Crippen molar-refractivity contribution in [1.82, 2.24) is 25.1 Å². The molecule has 168 valence electrons. The normalized spacial score (nSPS) is 20.6. The number of nitrogens with zero attached hydrogens (tertiary/aromatic N) is 5. The third kappa shape index (κ3) is 4.69. The first kappa shape index (κ1) is 22.0.